The zero-order chi connectivity index (χ0) is 22.7. The van der Waals surface area contributed by atoms with Gasteiger partial charge in [0.1, 0.15) is 11.5 Å². The molecular weight excluding hydrogens is 424 g/mol. The minimum atomic E-state index is -1.19. The molecule has 0 amide bonds. The van der Waals surface area contributed by atoms with Gasteiger partial charge >= 0.3 is 0 Å². The van der Waals surface area contributed by atoms with Gasteiger partial charge in [-0.05, 0) is 58.0 Å². The molecule has 0 N–H and O–H groups in total. The SMILES string of the molecule is O=[N+]([O-])c1ccc2ccc3c(c2c1)C=CC1(C=Cc2c(ccc4ccc([N+](=O)[O-])cc24)O1)O3. The van der Waals surface area contributed by atoms with E-state index >= 15 is 0 Å². The molecule has 0 aliphatic carbocycles. The predicted molar refractivity (Wildman–Crippen MR) is 123 cm³/mol. The highest BCUT2D eigenvalue weighted by Crippen LogP contribution is 2.43. The van der Waals surface area contributed by atoms with E-state index in [1.165, 1.54) is 24.3 Å². The number of nitrogens with zero attached hydrogens (tertiary/aromatic N) is 2. The quantitative estimate of drug-likeness (QED) is 0.280. The summed E-state index contributed by atoms with van der Waals surface area (Å²) >= 11 is 0. The molecule has 2 aliphatic rings. The predicted octanol–water partition coefficient (Wildman–Crippen LogP) is 6.02. The lowest BCUT2D eigenvalue weighted by Gasteiger charge is -2.35. The van der Waals surface area contributed by atoms with Gasteiger partial charge in [-0.25, -0.2) is 0 Å². The van der Waals surface area contributed by atoms with Crippen LogP contribution in [-0.2, 0) is 0 Å². The zero-order valence-electron chi connectivity index (χ0n) is 16.9. The third-order valence-electron chi connectivity index (χ3n) is 5.94. The van der Waals surface area contributed by atoms with E-state index < -0.39 is 15.6 Å². The largest absolute Gasteiger partial charge is 0.445 e. The Kier molecular flexibility index (Phi) is 3.82. The summed E-state index contributed by atoms with van der Waals surface area (Å²) in [6, 6.07) is 16.8. The molecule has 0 atom stereocenters. The maximum Gasteiger partial charge on any atom is 0.291 e. The van der Waals surface area contributed by atoms with Crippen molar-refractivity contribution < 1.29 is 19.3 Å². The molecule has 0 saturated heterocycles. The van der Waals surface area contributed by atoms with Gasteiger partial charge in [0.2, 0.25) is 0 Å². The first-order valence-corrected chi connectivity index (χ1v) is 10.1. The van der Waals surface area contributed by atoms with E-state index in [2.05, 4.69) is 0 Å². The number of non-ortho nitro benzene ring substituents is 2. The lowest BCUT2D eigenvalue weighted by Crippen LogP contribution is -2.41. The molecule has 2 aliphatic heterocycles. The highest BCUT2D eigenvalue weighted by molar-refractivity contribution is 5.97. The van der Waals surface area contributed by atoms with Gasteiger partial charge in [-0.15, -0.1) is 0 Å². The van der Waals surface area contributed by atoms with Crippen LogP contribution in [0.4, 0.5) is 11.4 Å². The van der Waals surface area contributed by atoms with Crippen LogP contribution in [0.3, 0.4) is 0 Å². The van der Waals surface area contributed by atoms with Crippen molar-refractivity contribution in [1.29, 1.82) is 0 Å². The number of rotatable bonds is 2. The van der Waals surface area contributed by atoms with Gasteiger partial charge in [-0.2, -0.15) is 0 Å². The van der Waals surface area contributed by atoms with Crippen LogP contribution in [0.1, 0.15) is 11.1 Å². The fourth-order valence-electron chi connectivity index (χ4n) is 4.33. The molecule has 0 fully saturated rings. The van der Waals surface area contributed by atoms with Crippen LogP contribution in [0.5, 0.6) is 11.5 Å². The Hall–Kier alpha value is -4.72. The van der Waals surface area contributed by atoms with Crippen molar-refractivity contribution in [1.82, 2.24) is 0 Å². The number of nitro benzene ring substituents is 2. The summed E-state index contributed by atoms with van der Waals surface area (Å²) in [7, 11) is 0. The van der Waals surface area contributed by atoms with Gasteiger partial charge in [0.05, 0.1) is 9.85 Å². The summed E-state index contributed by atoms with van der Waals surface area (Å²) in [4.78, 5) is 21.6. The fraction of sp³-hybridized carbons (Fsp3) is 0.0400. The third kappa shape index (κ3) is 2.92. The van der Waals surface area contributed by atoms with E-state index in [4.69, 9.17) is 9.47 Å². The van der Waals surface area contributed by atoms with E-state index in [0.717, 1.165) is 21.9 Å². The Labute approximate surface area is 186 Å². The van der Waals surface area contributed by atoms with Crippen molar-refractivity contribution >= 4 is 45.1 Å². The minimum Gasteiger partial charge on any atom is -0.445 e. The highest BCUT2D eigenvalue weighted by Gasteiger charge is 2.36. The zero-order valence-corrected chi connectivity index (χ0v) is 16.9. The van der Waals surface area contributed by atoms with Crippen LogP contribution in [0.25, 0.3) is 33.7 Å². The fourth-order valence-corrected chi connectivity index (χ4v) is 4.33. The number of hydrogen-bond acceptors (Lipinski definition) is 6. The van der Waals surface area contributed by atoms with Crippen molar-refractivity contribution in [3.63, 3.8) is 0 Å². The minimum absolute atomic E-state index is 0.00768. The number of benzene rings is 4. The standard InChI is InChI=1S/C25H14N2O6/c28-26(29)17-5-1-15-3-7-23-19(21(15)13-17)9-11-25(32-23)12-10-20-22-14-18(27(30)31)6-2-16(22)4-8-24(20)33-25/h1-14H. The van der Waals surface area contributed by atoms with E-state index in [9.17, 15) is 20.2 Å². The third-order valence-corrected chi connectivity index (χ3v) is 5.94. The van der Waals surface area contributed by atoms with Gasteiger partial charge in [-0.1, -0.05) is 12.1 Å². The Bertz CT molecular complexity index is 1470. The first kappa shape index (κ1) is 19.0. The summed E-state index contributed by atoms with van der Waals surface area (Å²) in [6.45, 7) is 0. The van der Waals surface area contributed by atoms with Crippen molar-refractivity contribution in [2.45, 2.75) is 5.79 Å². The molecule has 0 bridgehead atoms. The number of hydrogen-bond donors (Lipinski definition) is 0. The smallest absolute Gasteiger partial charge is 0.291 e. The topological polar surface area (TPSA) is 105 Å². The Morgan fingerprint density at radius 2 is 1.06 bits per heavy atom. The molecule has 4 aromatic carbocycles. The molecule has 0 unspecified atom stereocenters. The summed E-state index contributed by atoms with van der Waals surface area (Å²) in [5.41, 5.74) is 1.49. The van der Waals surface area contributed by atoms with Crippen LogP contribution in [-0.4, -0.2) is 15.6 Å². The second-order valence-corrected chi connectivity index (χ2v) is 7.87. The molecule has 0 radical (unpaired) electrons. The molecule has 0 aromatic heterocycles. The van der Waals surface area contributed by atoms with Crippen molar-refractivity contribution in [3.05, 3.63) is 104 Å². The molecule has 160 valence electrons. The first-order chi connectivity index (χ1) is 15.9. The molecule has 6 rings (SSSR count). The van der Waals surface area contributed by atoms with E-state index in [1.54, 1.807) is 24.3 Å². The first-order valence-electron chi connectivity index (χ1n) is 10.1. The van der Waals surface area contributed by atoms with Crippen LogP contribution in [0.2, 0.25) is 0 Å². The average molecular weight is 438 g/mol. The summed E-state index contributed by atoms with van der Waals surface area (Å²) in [5.74, 6) is -0.118. The molecule has 0 saturated carbocycles. The van der Waals surface area contributed by atoms with Crippen LogP contribution >= 0.6 is 0 Å². The van der Waals surface area contributed by atoms with E-state index in [0.29, 0.717) is 22.3 Å². The average Bonchev–Trinajstić information content (AvgIpc) is 2.82. The van der Waals surface area contributed by atoms with Crippen molar-refractivity contribution in [3.8, 4) is 11.5 Å². The number of ether oxygens (including phenoxy) is 2. The molecule has 1 spiro atoms. The van der Waals surface area contributed by atoms with E-state index in [1.807, 2.05) is 36.4 Å². The normalized spacial score (nSPS) is 15.0. The van der Waals surface area contributed by atoms with Crippen LogP contribution < -0.4 is 9.47 Å². The van der Waals surface area contributed by atoms with Crippen LogP contribution in [0, 0.1) is 20.2 Å². The Morgan fingerprint density at radius 3 is 1.48 bits per heavy atom. The maximum atomic E-state index is 11.2. The summed E-state index contributed by atoms with van der Waals surface area (Å²) < 4.78 is 12.5. The molecule has 2 heterocycles. The number of nitro groups is 2. The molecule has 8 heteroatoms. The van der Waals surface area contributed by atoms with Crippen molar-refractivity contribution in [2.75, 3.05) is 0 Å². The van der Waals surface area contributed by atoms with Gasteiger partial charge in [-0.3, -0.25) is 20.2 Å². The van der Waals surface area contributed by atoms with Crippen molar-refractivity contribution in [2.24, 2.45) is 0 Å². The van der Waals surface area contributed by atoms with Gasteiger partial charge < -0.3 is 9.47 Å². The molecule has 8 nitrogen and oxygen atoms in total. The second-order valence-electron chi connectivity index (χ2n) is 7.87. The monoisotopic (exact) mass is 438 g/mol. The van der Waals surface area contributed by atoms with Gasteiger partial charge in [0, 0.05) is 47.5 Å². The summed E-state index contributed by atoms with van der Waals surface area (Å²) in [6.07, 6.45) is 7.19. The molecule has 33 heavy (non-hydrogen) atoms. The molecule has 4 aromatic rings. The van der Waals surface area contributed by atoms with Gasteiger partial charge in [0.25, 0.3) is 17.2 Å². The lowest BCUT2D eigenvalue weighted by molar-refractivity contribution is -0.384. The second kappa shape index (κ2) is 6.64. The van der Waals surface area contributed by atoms with Gasteiger partial charge in [0.15, 0.2) is 0 Å². The Morgan fingerprint density at radius 1 is 0.636 bits per heavy atom. The number of fused-ring (bicyclic) bond motifs is 6. The maximum absolute atomic E-state index is 11.2. The Balaban J connectivity index is 1.43. The lowest BCUT2D eigenvalue weighted by atomic mass is 9.96. The highest BCUT2D eigenvalue weighted by atomic mass is 16.7. The van der Waals surface area contributed by atoms with E-state index in [-0.39, 0.29) is 11.4 Å². The molecular formula is C25H14N2O6. The summed E-state index contributed by atoms with van der Waals surface area (Å²) in [5, 5.41) is 25.6. The van der Waals surface area contributed by atoms with Crippen LogP contribution in [0.15, 0.2) is 72.8 Å².